The Labute approximate surface area is 146 Å². The summed E-state index contributed by atoms with van der Waals surface area (Å²) in [6.45, 7) is 0. The number of nitrogens with zero attached hydrogens (tertiary/aromatic N) is 1. The first-order valence-corrected chi connectivity index (χ1v) is 7.86. The zero-order valence-electron chi connectivity index (χ0n) is 12.4. The first-order chi connectivity index (χ1) is 11.6. The number of carbonyl (C=O) groups is 1. The molecule has 0 aliphatic rings. The molecule has 0 atom stereocenters. The average Bonchev–Trinajstić information content (AvgIpc) is 3.04. The van der Waals surface area contributed by atoms with Crippen LogP contribution in [0.2, 0.25) is 0 Å². The molecule has 0 aliphatic heterocycles. The van der Waals surface area contributed by atoms with E-state index in [9.17, 15) is 9.18 Å². The highest BCUT2D eigenvalue weighted by Crippen LogP contribution is 2.23. The van der Waals surface area contributed by atoms with Gasteiger partial charge in [0, 0.05) is 10.0 Å². The predicted octanol–water partition coefficient (Wildman–Crippen LogP) is 4.61. The van der Waals surface area contributed by atoms with Crippen molar-refractivity contribution in [3.8, 4) is 11.3 Å². The Hall–Kier alpha value is -2.73. The Morgan fingerprint density at radius 3 is 2.58 bits per heavy atom. The van der Waals surface area contributed by atoms with Crippen molar-refractivity contribution in [2.75, 3.05) is 0 Å². The number of hydrazone groups is 1. The van der Waals surface area contributed by atoms with E-state index in [2.05, 4.69) is 26.5 Å². The third-order valence-corrected chi connectivity index (χ3v) is 3.76. The Morgan fingerprint density at radius 1 is 1.08 bits per heavy atom. The highest BCUT2D eigenvalue weighted by molar-refractivity contribution is 9.10. The summed E-state index contributed by atoms with van der Waals surface area (Å²) in [6, 6.07) is 16.9. The van der Waals surface area contributed by atoms with Crippen LogP contribution in [0, 0.1) is 5.82 Å². The molecule has 0 radical (unpaired) electrons. The van der Waals surface area contributed by atoms with Gasteiger partial charge in [-0.25, -0.2) is 9.82 Å². The third kappa shape index (κ3) is 3.78. The highest BCUT2D eigenvalue weighted by atomic mass is 79.9. The molecule has 3 aromatic rings. The SMILES string of the molecule is O=C(N/N=C\c1ccc(-c2ccc(Br)cc2)o1)c1ccccc1F. The minimum atomic E-state index is -0.621. The quantitative estimate of drug-likeness (QED) is 0.525. The number of benzene rings is 2. The number of halogens is 2. The van der Waals surface area contributed by atoms with E-state index in [-0.39, 0.29) is 5.56 Å². The lowest BCUT2D eigenvalue weighted by Crippen LogP contribution is -2.18. The normalized spacial score (nSPS) is 10.9. The molecule has 0 saturated carbocycles. The number of rotatable bonds is 4. The van der Waals surface area contributed by atoms with Crippen LogP contribution in [0.25, 0.3) is 11.3 Å². The van der Waals surface area contributed by atoms with E-state index in [1.54, 1.807) is 12.1 Å². The number of furan rings is 1. The van der Waals surface area contributed by atoms with E-state index in [1.165, 1.54) is 24.4 Å². The smallest absolute Gasteiger partial charge is 0.274 e. The second kappa shape index (κ2) is 7.23. The maximum atomic E-state index is 13.5. The summed E-state index contributed by atoms with van der Waals surface area (Å²) < 4.78 is 20.1. The van der Waals surface area contributed by atoms with Gasteiger partial charge in [0.2, 0.25) is 0 Å². The fourth-order valence-electron chi connectivity index (χ4n) is 2.05. The summed E-state index contributed by atoms with van der Waals surface area (Å²) in [7, 11) is 0. The molecule has 6 heteroatoms. The van der Waals surface area contributed by atoms with Crippen LogP contribution in [0.5, 0.6) is 0 Å². The van der Waals surface area contributed by atoms with E-state index >= 15 is 0 Å². The number of hydrogen-bond donors (Lipinski definition) is 1. The number of amides is 1. The van der Waals surface area contributed by atoms with Gasteiger partial charge in [0.05, 0.1) is 11.8 Å². The summed E-state index contributed by atoms with van der Waals surface area (Å²) >= 11 is 3.38. The highest BCUT2D eigenvalue weighted by Gasteiger charge is 2.09. The largest absolute Gasteiger partial charge is 0.455 e. The molecule has 0 aliphatic carbocycles. The molecule has 24 heavy (non-hydrogen) atoms. The zero-order valence-corrected chi connectivity index (χ0v) is 14.0. The molecular weight excluding hydrogens is 375 g/mol. The minimum Gasteiger partial charge on any atom is -0.455 e. The van der Waals surface area contributed by atoms with Crippen LogP contribution >= 0.6 is 15.9 Å². The van der Waals surface area contributed by atoms with Gasteiger partial charge >= 0.3 is 0 Å². The van der Waals surface area contributed by atoms with Gasteiger partial charge in [-0.15, -0.1) is 0 Å². The molecule has 0 saturated heterocycles. The van der Waals surface area contributed by atoms with Gasteiger partial charge < -0.3 is 4.42 Å². The molecule has 1 aromatic heterocycles. The van der Waals surface area contributed by atoms with Crippen LogP contribution in [0.4, 0.5) is 4.39 Å². The van der Waals surface area contributed by atoms with Crippen LogP contribution < -0.4 is 5.43 Å². The van der Waals surface area contributed by atoms with Crippen molar-refractivity contribution in [3.63, 3.8) is 0 Å². The van der Waals surface area contributed by atoms with Gasteiger partial charge in [-0.3, -0.25) is 4.79 Å². The first-order valence-electron chi connectivity index (χ1n) is 7.07. The minimum absolute atomic E-state index is 0.0651. The van der Waals surface area contributed by atoms with Crippen LogP contribution in [0.15, 0.2) is 74.7 Å². The maximum Gasteiger partial charge on any atom is 0.274 e. The Kier molecular flexibility index (Phi) is 4.86. The molecule has 0 unspecified atom stereocenters. The second-order valence-electron chi connectivity index (χ2n) is 4.89. The van der Waals surface area contributed by atoms with Gasteiger partial charge in [0.15, 0.2) is 0 Å². The second-order valence-corrected chi connectivity index (χ2v) is 5.80. The fourth-order valence-corrected chi connectivity index (χ4v) is 2.32. The Morgan fingerprint density at radius 2 is 1.83 bits per heavy atom. The summed E-state index contributed by atoms with van der Waals surface area (Å²) in [5.41, 5.74) is 3.13. The molecular formula is C18H12BrFN2O2. The van der Waals surface area contributed by atoms with E-state index in [0.717, 1.165) is 10.0 Å². The van der Waals surface area contributed by atoms with Crippen LogP contribution in [-0.2, 0) is 0 Å². The number of nitrogens with one attached hydrogen (secondary N) is 1. The van der Waals surface area contributed by atoms with Crippen molar-refractivity contribution < 1.29 is 13.6 Å². The van der Waals surface area contributed by atoms with Crippen molar-refractivity contribution in [2.24, 2.45) is 5.10 Å². The lowest BCUT2D eigenvalue weighted by Gasteiger charge is -2.00. The monoisotopic (exact) mass is 386 g/mol. The van der Waals surface area contributed by atoms with Crippen molar-refractivity contribution in [2.45, 2.75) is 0 Å². The van der Waals surface area contributed by atoms with Crippen molar-refractivity contribution in [1.29, 1.82) is 0 Å². The Bertz CT molecular complexity index is 888. The Balaban J connectivity index is 1.66. The molecule has 3 rings (SSSR count). The first kappa shape index (κ1) is 16.1. The summed E-state index contributed by atoms with van der Waals surface area (Å²) in [5.74, 6) is -0.0594. The molecule has 2 aromatic carbocycles. The lowest BCUT2D eigenvalue weighted by atomic mass is 10.2. The molecule has 0 spiro atoms. The lowest BCUT2D eigenvalue weighted by molar-refractivity contribution is 0.0951. The zero-order chi connectivity index (χ0) is 16.9. The number of hydrogen-bond acceptors (Lipinski definition) is 3. The summed E-state index contributed by atoms with van der Waals surface area (Å²) in [6.07, 6.45) is 1.36. The van der Waals surface area contributed by atoms with Crippen LogP contribution in [-0.4, -0.2) is 12.1 Å². The van der Waals surface area contributed by atoms with E-state index in [0.29, 0.717) is 11.5 Å². The molecule has 1 heterocycles. The molecule has 1 N–H and O–H groups in total. The van der Waals surface area contributed by atoms with Gasteiger partial charge in [0.1, 0.15) is 17.3 Å². The van der Waals surface area contributed by atoms with Crippen molar-refractivity contribution in [3.05, 3.63) is 82.3 Å². The molecule has 4 nitrogen and oxygen atoms in total. The van der Waals surface area contributed by atoms with E-state index < -0.39 is 11.7 Å². The third-order valence-electron chi connectivity index (χ3n) is 3.23. The van der Waals surface area contributed by atoms with Crippen molar-refractivity contribution >= 4 is 28.1 Å². The van der Waals surface area contributed by atoms with Crippen molar-refractivity contribution in [1.82, 2.24) is 5.43 Å². The fraction of sp³-hybridized carbons (Fsp3) is 0. The standard InChI is InChI=1S/C18H12BrFN2O2/c19-13-7-5-12(6-8-13)17-10-9-14(24-17)11-21-22-18(23)15-3-1-2-4-16(15)20/h1-11H,(H,22,23)/b21-11-. The summed E-state index contributed by atoms with van der Waals surface area (Å²) in [5, 5.41) is 3.79. The van der Waals surface area contributed by atoms with Gasteiger partial charge in [0.25, 0.3) is 5.91 Å². The number of carbonyl (C=O) groups excluding carboxylic acids is 1. The van der Waals surface area contributed by atoms with E-state index in [1.807, 2.05) is 30.3 Å². The van der Waals surface area contributed by atoms with Gasteiger partial charge in [-0.1, -0.05) is 40.2 Å². The molecule has 0 fully saturated rings. The van der Waals surface area contributed by atoms with Gasteiger partial charge in [-0.05, 0) is 36.4 Å². The topological polar surface area (TPSA) is 54.6 Å². The summed E-state index contributed by atoms with van der Waals surface area (Å²) in [4.78, 5) is 11.8. The average molecular weight is 387 g/mol. The molecule has 0 bridgehead atoms. The van der Waals surface area contributed by atoms with Gasteiger partial charge in [-0.2, -0.15) is 5.10 Å². The van der Waals surface area contributed by atoms with Crippen LogP contribution in [0.1, 0.15) is 16.1 Å². The van der Waals surface area contributed by atoms with Crippen LogP contribution in [0.3, 0.4) is 0 Å². The predicted molar refractivity (Wildman–Crippen MR) is 93.3 cm³/mol. The maximum absolute atomic E-state index is 13.5. The van der Waals surface area contributed by atoms with E-state index in [4.69, 9.17) is 4.42 Å². The molecule has 1 amide bonds. The molecule has 120 valence electrons.